The molecule has 16 N–H and O–H groups in total. The largest absolute Gasteiger partial charge is 0.395 e. The second-order valence-corrected chi connectivity index (χ2v) is 36.4. The van der Waals surface area contributed by atoms with E-state index in [0.29, 0.717) is 115 Å². The Balaban J connectivity index is 0.000000144. The van der Waals surface area contributed by atoms with Gasteiger partial charge in [0, 0.05) is 103 Å². The number of anilines is 16. The zero-order chi connectivity index (χ0) is 95.5. The third kappa shape index (κ3) is 26.7. The van der Waals surface area contributed by atoms with E-state index in [1.165, 1.54) is 39.6 Å². The van der Waals surface area contributed by atoms with Gasteiger partial charge in [0.25, 0.3) is 0 Å². The molecule has 135 heavy (non-hydrogen) atoms. The van der Waals surface area contributed by atoms with Crippen molar-refractivity contribution >= 4 is 151 Å². The van der Waals surface area contributed by atoms with Crippen molar-refractivity contribution in [3.8, 4) is 0 Å². The molecular weight excluding hydrogens is 1800 g/mol. The molecule has 2 unspecified atom stereocenters. The predicted octanol–water partition coefficient (Wildman–Crippen LogP) is 18.5. The normalized spacial score (nSPS) is 15.7. The lowest BCUT2D eigenvalue weighted by Crippen LogP contribution is -2.40. The number of hydrogen-bond acceptors (Lipinski definition) is 29. The number of likely N-dealkylation sites (N-methyl/N-ethyl adjacent to an activating group) is 1. The number of likely N-dealkylation sites (tertiary alicyclic amines) is 4. The van der Waals surface area contributed by atoms with Gasteiger partial charge in [-0.1, -0.05) is 77.4 Å². The molecule has 40 heteroatoms. The summed E-state index contributed by atoms with van der Waals surface area (Å²) in [5.41, 5.74) is 26.4. The number of aliphatic hydroxyl groups is 1. The number of halogens is 5. The van der Waals surface area contributed by atoms with E-state index in [0.717, 1.165) is 183 Å². The van der Waals surface area contributed by atoms with Crippen molar-refractivity contribution < 1.29 is 19.1 Å². The van der Waals surface area contributed by atoms with Gasteiger partial charge in [0.05, 0.1) is 56.4 Å². The number of benzene rings is 4. The van der Waals surface area contributed by atoms with Crippen molar-refractivity contribution in [1.82, 2.24) is 116 Å². The molecule has 0 spiro atoms. The van der Waals surface area contributed by atoms with Crippen LogP contribution in [0.1, 0.15) is 178 Å². The summed E-state index contributed by atoms with van der Waals surface area (Å²) in [4.78, 5) is 68.0. The first kappa shape index (κ1) is 98.3. The van der Waals surface area contributed by atoms with Gasteiger partial charge in [0.15, 0.2) is 46.5 Å². The molecule has 0 aliphatic carbocycles. The summed E-state index contributed by atoms with van der Waals surface area (Å²) in [6, 6.07) is 26.5. The van der Waals surface area contributed by atoms with Gasteiger partial charge in [0.2, 0.25) is 35.6 Å². The fourth-order valence-electron chi connectivity index (χ4n) is 17.5. The molecule has 4 fully saturated rings. The van der Waals surface area contributed by atoms with Crippen molar-refractivity contribution in [3.63, 3.8) is 0 Å². The summed E-state index contributed by atoms with van der Waals surface area (Å²) in [6.45, 7) is 30.6. The predicted molar refractivity (Wildman–Crippen MR) is 531 cm³/mol. The van der Waals surface area contributed by atoms with E-state index in [1.807, 2.05) is 78.1 Å². The molecule has 35 nitrogen and oxygen atoms in total. The number of β-amino-alcohol motifs (C(OH)–C–C–N with tert-alkyl or cyclic N) is 1. The molecule has 13 aromatic rings. The molecule has 710 valence electrons. The van der Waals surface area contributed by atoms with Crippen LogP contribution >= 0.6 is 46.4 Å². The Morgan fingerprint density at radius 3 is 1.13 bits per heavy atom. The first-order chi connectivity index (χ1) is 65.0. The first-order valence-electron chi connectivity index (χ1n) is 45.3. The van der Waals surface area contributed by atoms with E-state index in [9.17, 15) is 14.0 Å². The van der Waals surface area contributed by atoms with Gasteiger partial charge in [-0.2, -0.15) is 50.5 Å². The van der Waals surface area contributed by atoms with Crippen LogP contribution in [0, 0.1) is 82.0 Å². The number of nitrogens with zero attached hydrogens (tertiary/aromatic N) is 18. The summed E-state index contributed by atoms with van der Waals surface area (Å²) in [5.74, 6) is 6.17. The van der Waals surface area contributed by atoms with Crippen molar-refractivity contribution in [1.29, 1.82) is 0 Å². The van der Waals surface area contributed by atoms with Gasteiger partial charge in [-0.05, 0) is 282 Å². The van der Waals surface area contributed by atoms with Gasteiger partial charge >= 0.3 is 0 Å². The van der Waals surface area contributed by atoms with Crippen LogP contribution in [-0.4, -0.2) is 200 Å². The lowest BCUT2D eigenvalue weighted by molar-refractivity contribution is -0.123. The molecule has 0 saturated carbocycles. The van der Waals surface area contributed by atoms with Crippen LogP contribution in [0.25, 0.3) is 0 Å². The number of carbonyl (C=O) groups is 2. The molecule has 17 rings (SSSR count). The van der Waals surface area contributed by atoms with Crippen LogP contribution in [0.4, 0.5) is 97.5 Å². The molecule has 13 heterocycles. The Bertz CT molecular complexity index is 6240. The Kier molecular flexibility index (Phi) is 33.6. The van der Waals surface area contributed by atoms with Gasteiger partial charge in [-0.15, -0.1) is 0 Å². The van der Waals surface area contributed by atoms with Crippen molar-refractivity contribution in [3.05, 3.63) is 231 Å². The first-order valence-corrected chi connectivity index (χ1v) is 46.8. The SMILES string of the molecule is CNC(=O)CN1CCCCC1c1cc(C)c(Nc2ncc(Cl)c(Nc3cc(C)[nH]n3)n2)cc1C.Cc1cc(Nc2nc(Nc3cc(C)c(C4CCCCN4CC(N)=O)cc3C)ncc2Cl)n[nH]1.Cc1cc(Nc2nc(Nc3cc(C)c(C4CCN(CCO)CC4)cc3F)ncc2Cl)n[nH]1.Cc1cc(Nc2nc(Nc3cc(C)c(C4CCN(Cc5ccnnc5)CC4)cc3C)ncc2Cl)n[nH]1. The maximum atomic E-state index is 15.0. The summed E-state index contributed by atoms with van der Waals surface area (Å²) in [5, 5.41) is 74.8. The molecule has 0 bridgehead atoms. The number of rotatable bonds is 28. The van der Waals surface area contributed by atoms with Crippen LogP contribution in [0.2, 0.25) is 20.1 Å². The fourth-order valence-corrected chi connectivity index (χ4v) is 18.0. The standard InChI is InChI=1S/C26H30ClN9.C24H31ClN8O.C23H29ClN8O.C22H27ClFN7O/c1-16-11-23(31-26-28-14-22(27)25(33-26)32-24-12-18(3)34-35-24)17(2)10-21(16)20-5-8-36(9-6-20)15-19-4-7-29-30-13-19;1-14-10-19(15(2)9-17(14)20-7-5-6-8-33(20)13-22(34)26-4)28-24-27-12-18(25)23(30-24)29-21-11-16(3)31-32-21;1-13-9-18(14(2)8-16(13)19-6-4-5-7-32(19)12-20(25)33)27-23-26-11-17(24)22(29-23)28-21-10-15(3)30-31-21;1-13-9-19(18(24)11-16(13)15-3-5-31(6-4-15)7-8-32)26-22-25-12-17(23)21(28-22)27-20-10-14(2)29-30-20/h4,7,10-14,20H,5-6,8-9,15H2,1-3H3,(H3,28,31,32,33,34,35);9-12,20H,5-8,13H2,1-4H3,(H,26,34)(H3,27,28,29,30,31,32);8-11,19H,4-7,12H2,1-3H3,(H2,25,33)(H3,26,27,28,29,30,31);9-12,15,32H,3-8H2,1-2H3,(H3,25,26,27,28,29,30). The molecule has 4 aromatic carbocycles. The zero-order valence-corrected chi connectivity index (χ0v) is 80.9. The molecule has 4 saturated heterocycles. The van der Waals surface area contributed by atoms with Crippen LogP contribution < -0.4 is 53.6 Å². The highest BCUT2D eigenvalue weighted by Gasteiger charge is 2.31. The number of primary amides is 1. The number of H-pyrrole nitrogens is 4. The van der Waals surface area contributed by atoms with E-state index < -0.39 is 0 Å². The maximum Gasteiger partial charge on any atom is 0.233 e. The van der Waals surface area contributed by atoms with Crippen LogP contribution in [0.5, 0.6) is 0 Å². The van der Waals surface area contributed by atoms with Gasteiger partial charge in [0.1, 0.15) is 25.9 Å². The monoisotopic (exact) mass is 1910 g/mol. The molecule has 9 aromatic heterocycles. The number of aliphatic hydroxyl groups excluding tert-OH is 1. The average molecular weight is 1920 g/mol. The lowest BCUT2D eigenvalue weighted by atomic mass is 9.85. The average Bonchev–Trinajstić information content (AvgIpc) is 1.07. The minimum absolute atomic E-state index is 0.0499. The number of nitrogens with two attached hydrogens (primary N) is 1. The van der Waals surface area contributed by atoms with Crippen molar-refractivity contribution in [2.45, 2.75) is 171 Å². The van der Waals surface area contributed by atoms with Crippen LogP contribution in [0.3, 0.4) is 0 Å². The topological polar surface area (TPSA) is 445 Å². The molecule has 0 radical (unpaired) electrons. The second-order valence-electron chi connectivity index (χ2n) is 34.8. The molecule has 2 atom stereocenters. The van der Waals surface area contributed by atoms with Crippen molar-refractivity contribution in [2.75, 3.05) is 115 Å². The number of amides is 2. The number of hydrogen-bond donors (Lipinski definition) is 15. The van der Waals surface area contributed by atoms with E-state index in [-0.39, 0.29) is 48.8 Å². The number of aromatic amines is 4. The van der Waals surface area contributed by atoms with E-state index >= 15 is 0 Å². The number of aryl methyl sites for hydroxylation is 11. The smallest absolute Gasteiger partial charge is 0.233 e. The van der Waals surface area contributed by atoms with Crippen LogP contribution in [0.15, 0.2) is 116 Å². The summed E-state index contributed by atoms with van der Waals surface area (Å²) in [6.07, 6.45) is 20.6. The summed E-state index contributed by atoms with van der Waals surface area (Å²) in [7, 11) is 1.69. The van der Waals surface area contributed by atoms with Crippen LogP contribution in [-0.2, 0) is 16.1 Å². The molecule has 4 aliphatic rings. The summed E-state index contributed by atoms with van der Waals surface area (Å²) < 4.78 is 15.0. The number of nitrogens with one attached hydrogen (secondary N) is 13. The zero-order valence-electron chi connectivity index (χ0n) is 77.9. The fraction of sp³-hybridized carbons (Fsp3) is 0.389. The number of carbonyl (C=O) groups excluding carboxylic acids is 2. The van der Waals surface area contributed by atoms with Crippen molar-refractivity contribution in [2.24, 2.45) is 5.73 Å². The van der Waals surface area contributed by atoms with Gasteiger partial charge < -0.3 is 63.6 Å². The number of piperidine rings is 4. The quantitative estimate of drug-likeness (QED) is 0.0216. The second kappa shape index (κ2) is 46.1. The summed E-state index contributed by atoms with van der Waals surface area (Å²) >= 11 is 25.1. The van der Waals surface area contributed by atoms with E-state index in [4.69, 9.17) is 57.2 Å². The molecule has 2 amide bonds. The highest BCUT2D eigenvalue weighted by molar-refractivity contribution is 6.34. The highest BCUT2D eigenvalue weighted by atomic mass is 35.5. The van der Waals surface area contributed by atoms with E-state index in [1.54, 1.807) is 44.0 Å². The Hall–Kier alpha value is -12.7. The third-order valence-corrected chi connectivity index (χ3v) is 25.5. The van der Waals surface area contributed by atoms with E-state index in [2.05, 4.69) is 229 Å². The maximum absolute atomic E-state index is 15.0. The van der Waals surface area contributed by atoms with Gasteiger partial charge in [-0.3, -0.25) is 44.7 Å². The third-order valence-electron chi connectivity index (χ3n) is 24.4. The lowest BCUT2D eigenvalue weighted by Gasteiger charge is -2.36. The molecule has 4 aliphatic heterocycles. The Morgan fingerprint density at radius 1 is 0.422 bits per heavy atom. The molecular formula is C95H117Cl4FN32O3. The highest BCUT2D eigenvalue weighted by Crippen LogP contribution is 2.42. The minimum atomic E-state index is -0.348. The van der Waals surface area contributed by atoms with Gasteiger partial charge in [-0.25, -0.2) is 24.3 Å². The Morgan fingerprint density at radius 2 is 0.778 bits per heavy atom. The Labute approximate surface area is 804 Å². The number of aromatic nitrogens is 18. The minimum Gasteiger partial charge on any atom is -0.395 e.